The van der Waals surface area contributed by atoms with Crippen molar-refractivity contribution in [3.8, 4) is 0 Å². The van der Waals surface area contributed by atoms with Crippen LogP contribution in [0.5, 0.6) is 0 Å². The Hall–Kier alpha value is -0.830. The fourth-order valence-corrected chi connectivity index (χ4v) is 2.98. The number of thiophene rings is 1. The molecule has 2 rings (SSSR count). The summed E-state index contributed by atoms with van der Waals surface area (Å²) in [6.07, 6.45) is 0.372. The van der Waals surface area contributed by atoms with E-state index in [1.807, 2.05) is 25.1 Å². The minimum absolute atomic E-state index is 0.0640. The van der Waals surface area contributed by atoms with E-state index in [1.165, 1.54) is 11.3 Å². The lowest BCUT2D eigenvalue weighted by Gasteiger charge is -2.02. The quantitative estimate of drug-likeness (QED) is 0.741. The van der Waals surface area contributed by atoms with E-state index in [-0.39, 0.29) is 5.78 Å². The molecule has 0 aliphatic carbocycles. The van der Waals surface area contributed by atoms with Gasteiger partial charge in [0.15, 0.2) is 5.78 Å². The average Bonchev–Trinajstić information content (AvgIpc) is 2.62. The van der Waals surface area contributed by atoms with Crippen molar-refractivity contribution in [1.82, 2.24) is 0 Å². The molecule has 0 atom stereocenters. The zero-order valence-electron chi connectivity index (χ0n) is 9.17. The van der Waals surface area contributed by atoms with Crippen molar-refractivity contribution >= 4 is 40.3 Å². The standard InChI is InChI=1S/C13H10Cl2OS/c1-8-4-9(6-10(14)5-8)12(16)7-11-2-3-13(15)17-11/h2-6H,7H2,1H3. The Balaban J connectivity index is 2.19. The molecule has 88 valence electrons. The lowest BCUT2D eigenvalue weighted by molar-refractivity contribution is 0.0993. The molecule has 1 aromatic heterocycles. The van der Waals surface area contributed by atoms with E-state index in [0.29, 0.717) is 21.3 Å². The summed E-state index contributed by atoms with van der Waals surface area (Å²) in [5, 5.41) is 0.595. The molecule has 0 aliphatic rings. The summed E-state index contributed by atoms with van der Waals surface area (Å²) < 4.78 is 0.704. The Kier molecular flexibility index (Phi) is 3.87. The van der Waals surface area contributed by atoms with Crippen molar-refractivity contribution < 1.29 is 4.79 Å². The van der Waals surface area contributed by atoms with Gasteiger partial charge in [-0.1, -0.05) is 23.2 Å². The highest BCUT2D eigenvalue weighted by Crippen LogP contribution is 2.23. The van der Waals surface area contributed by atoms with Gasteiger partial charge in [0.05, 0.1) is 4.34 Å². The molecule has 0 unspecified atom stereocenters. The molecule has 0 N–H and O–H groups in total. The highest BCUT2D eigenvalue weighted by molar-refractivity contribution is 7.16. The van der Waals surface area contributed by atoms with Gasteiger partial charge in [-0.25, -0.2) is 0 Å². The molecule has 0 aliphatic heterocycles. The largest absolute Gasteiger partial charge is 0.294 e. The summed E-state index contributed by atoms with van der Waals surface area (Å²) in [6.45, 7) is 1.92. The van der Waals surface area contributed by atoms with Crippen molar-refractivity contribution in [2.45, 2.75) is 13.3 Å². The Bertz CT molecular complexity index is 540. The highest BCUT2D eigenvalue weighted by atomic mass is 35.5. The second-order valence-corrected chi connectivity index (χ2v) is 6.06. The molecule has 0 radical (unpaired) electrons. The van der Waals surface area contributed by atoms with E-state index in [0.717, 1.165) is 10.4 Å². The Morgan fingerprint density at radius 2 is 2.00 bits per heavy atom. The normalized spacial score (nSPS) is 10.5. The summed E-state index contributed by atoms with van der Waals surface area (Å²) in [7, 11) is 0. The Morgan fingerprint density at radius 3 is 2.59 bits per heavy atom. The van der Waals surface area contributed by atoms with Gasteiger partial charge in [0.2, 0.25) is 0 Å². The molecule has 0 saturated heterocycles. The van der Waals surface area contributed by atoms with Gasteiger partial charge in [0, 0.05) is 21.9 Å². The van der Waals surface area contributed by atoms with Crippen molar-refractivity contribution in [1.29, 1.82) is 0 Å². The summed E-state index contributed by atoms with van der Waals surface area (Å²) in [5.41, 5.74) is 1.64. The number of rotatable bonds is 3. The van der Waals surface area contributed by atoms with Crippen LogP contribution in [-0.2, 0) is 6.42 Å². The second-order valence-electron chi connectivity index (χ2n) is 3.82. The molecule has 2 aromatic rings. The Morgan fingerprint density at radius 1 is 1.24 bits per heavy atom. The zero-order valence-corrected chi connectivity index (χ0v) is 11.5. The van der Waals surface area contributed by atoms with E-state index in [1.54, 1.807) is 12.1 Å². The van der Waals surface area contributed by atoms with E-state index < -0.39 is 0 Å². The minimum Gasteiger partial charge on any atom is -0.294 e. The summed E-state index contributed by atoms with van der Waals surface area (Å²) in [6, 6.07) is 9.07. The lowest BCUT2D eigenvalue weighted by Crippen LogP contribution is -2.02. The molecule has 0 spiro atoms. The van der Waals surface area contributed by atoms with Crippen molar-refractivity contribution in [3.05, 3.63) is 55.7 Å². The van der Waals surface area contributed by atoms with Crippen LogP contribution in [0, 0.1) is 6.92 Å². The number of halogens is 2. The van der Waals surface area contributed by atoms with Crippen LogP contribution in [0.15, 0.2) is 30.3 Å². The van der Waals surface area contributed by atoms with Gasteiger partial charge in [-0.15, -0.1) is 11.3 Å². The molecule has 1 nitrogen and oxygen atoms in total. The zero-order chi connectivity index (χ0) is 12.4. The topological polar surface area (TPSA) is 17.1 Å². The lowest BCUT2D eigenvalue weighted by atomic mass is 10.1. The van der Waals surface area contributed by atoms with Crippen LogP contribution in [0.1, 0.15) is 20.8 Å². The predicted molar refractivity (Wildman–Crippen MR) is 73.6 cm³/mol. The summed E-state index contributed by atoms with van der Waals surface area (Å²) in [5.74, 6) is 0.0640. The van der Waals surface area contributed by atoms with Gasteiger partial charge in [-0.05, 0) is 42.8 Å². The van der Waals surface area contributed by atoms with Crippen LogP contribution in [0.25, 0.3) is 0 Å². The maximum absolute atomic E-state index is 12.0. The number of hydrogen-bond acceptors (Lipinski definition) is 2. The third-order valence-corrected chi connectivity index (χ3v) is 3.78. The fraction of sp³-hybridized carbons (Fsp3) is 0.154. The smallest absolute Gasteiger partial charge is 0.168 e. The average molecular weight is 285 g/mol. The fourth-order valence-electron chi connectivity index (χ4n) is 1.60. The maximum Gasteiger partial charge on any atom is 0.168 e. The number of hydrogen-bond donors (Lipinski definition) is 0. The molecule has 0 fully saturated rings. The SMILES string of the molecule is Cc1cc(Cl)cc(C(=O)Cc2ccc(Cl)s2)c1. The first-order valence-corrected chi connectivity index (χ1v) is 6.66. The molecular formula is C13H10Cl2OS. The van der Waals surface area contributed by atoms with Crippen LogP contribution in [-0.4, -0.2) is 5.78 Å². The number of ketones is 1. The second kappa shape index (κ2) is 5.21. The van der Waals surface area contributed by atoms with E-state index in [2.05, 4.69) is 0 Å². The van der Waals surface area contributed by atoms with Gasteiger partial charge in [-0.2, -0.15) is 0 Å². The van der Waals surface area contributed by atoms with Crippen molar-refractivity contribution in [2.24, 2.45) is 0 Å². The number of Topliss-reactive ketones (excluding diaryl/α,β-unsaturated/α-hetero) is 1. The molecule has 1 aromatic carbocycles. The first-order chi connectivity index (χ1) is 8.04. The van der Waals surface area contributed by atoms with Crippen LogP contribution >= 0.6 is 34.5 Å². The molecule has 0 bridgehead atoms. The van der Waals surface area contributed by atoms with Crippen molar-refractivity contribution in [3.63, 3.8) is 0 Å². The molecule has 0 amide bonds. The number of aryl methyl sites for hydroxylation is 1. The van der Waals surface area contributed by atoms with Crippen LogP contribution in [0.3, 0.4) is 0 Å². The van der Waals surface area contributed by atoms with Gasteiger partial charge < -0.3 is 0 Å². The molecular weight excluding hydrogens is 275 g/mol. The van der Waals surface area contributed by atoms with Crippen LogP contribution < -0.4 is 0 Å². The molecule has 4 heteroatoms. The minimum atomic E-state index is 0.0640. The number of carbonyl (C=O) groups excluding carboxylic acids is 1. The number of benzene rings is 1. The predicted octanol–water partition coefficient (Wildman–Crippen LogP) is 4.79. The first kappa shape index (κ1) is 12.6. The monoisotopic (exact) mass is 284 g/mol. The molecule has 0 saturated carbocycles. The summed E-state index contributed by atoms with van der Waals surface area (Å²) >= 11 is 13.2. The highest BCUT2D eigenvalue weighted by Gasteiger charge is 2.10. The van der Waals surface area contributed by atoms with Gasteiger partial charge in [0.25, 0.3) is 0 Å². The molecule has 17 heavy (non-hydrogen) atoms. The third kappa shape index (κ3) is 3.32. The van der Waals surface area contributed by atoms with Crippen molar-refractivity contribution in [2.75, 3.05) is 0 Å². The van der Waals surface area contributed by atoms with Crippen LogP contribution in [0.4, 0.5) is 0 Å². The van der Waals surface area contributed by atoms with Gasteiger partial charge in [0.1, 0.15) is 0 Å². The summed E-state index contributed by atoms with van der Waals surface area (Å²) in [4.78, 5) is 13.0. The van der Waals surface area contributed by atoms with E-state index in [4.69, 9.17) is 23.2 Å². The van der Waals surface area contributed by atoms with E-state index >= 15 is 0 Å². The third-order valence-electron chi connectivity index (χ3n) is 2.33. The number of carbonyl (C=O) groups is 1. The molecule has 1 heterocycles. The maximum atomic E-state index is 12.0. The first-order valence-electron chi connectivity index (χ1n) is 5.09. The van der Waals surface area contributed by atoms with Gasteiger partial charge >= 0.3 is 0 Å². The van der Waals surface area contributed by atoms with Gasteiger partial charge in [-0.3, -0.25) is 4.79 Å². The van der Waals surface area contributed by atoms with E-state index in [9.17, 15) is 4.79 Å². The Labute approximate surface area is 114 Å². The van der Waals surface area contributed by atoms with Crippen LogP contribution in [0.2, 0.25) is 9.36 Å².